The van der Waals surface area contributed by atoms with Crippen molar-refractivity contribution >= 4 is 17.9 Å². The van der Waals surface area contributed by atoms with Crippen LogP contribution in [-0.2, 0) is 11.3 Å². The lowest BCUT2D eigenvalue weighted by Gasteiger charge is -2.08. The third-order valence-corrected chi connectivity index (χ3v) is 4.32. The van der Waals surface area contributed by atoms with Crippen molar-refractivity contribution < 1.29 is 31.8 Å². The first-order valence-electron chi connectivity index (χ1n) is 9.10. The molecule has 0 bridgehead atoms. The van der Waals surface area contributed by atoms with Crippen LogP contribution in [0.4, 0.5) is 17.6 Å². The average molecular weight is 434 g/mol. The molecule has 2 aromatic carbocycles. The topological polar surface area (TPSA) is 53.4 Å². The zero-order chi connectivity index (χ0) is 22.6. The number of esters is 1. The molecule has 0 spiro atoms. The molecule has 1 heterocycles. The summed E-state index contributed by atoms with van der Waals surface area (Å²) in [5, 5.41) is 4.34. The van der Waals surface area contributed by atoms with Crippen molar-refractivity contribution in [1.82, 2.24) is 9.78 Å². The second kappa shape index (κ2) is 9.03. The van der Waals surface area contributed by atoms with Crippen molar-refractivity contribution in [2.45, 2.75) is 19.8 Å². The predicted octanol–water partition coefficient (Wildman–Crippen LogP) is 5.39. The van der Waals surface area contributed by atoms with Gasteiger partial charge in [0.2, 0.25) is 0 Å². The summed E-state index contributed by atoms with van der Waals surface area (Å²) in [7, 11) is 1.30. The third-order valence-electron chi connectivity index (χ3n) is 4.32. The summed E-state index contributed by atoms with van der Waals surface area (Å²) in [5.41, 5.74) is 2.41. The largest absolute Gasteiger partial charge is 0.573 e. The van der Waals surface area contributed by atoms with Gasteiger partial charge in [0.25, 0.3) is 0 Å². The Balaban J connectivity index is 1.76. The highest BCUT2D eigenvalue weighted by atomic mass is 19.4. The van der Waals surface area contributed by atoms with Gasteiger partial charge in [-0.05, 0) is 55.0 Å². The molecule has 0 N–H and O–H groups in total. The Morgan fingerprint density at radius 2 is 1.81 bits per heavy atom. The number of benzene rings is 2. The Labute approximate surface area is 175 Å². The molecule has 1 aromatic heterocycles. The molecule has 9 heteroatoms. The Kier molecular flexibility index (Phi) is 6.43. The lowest BCUT2D eigenvalue weighted by molar-refractivity contribution is -0.274. The average Bonchev–Trinajstić information content (AvgIpc) is 3.05. The van der Waals surface area contributed by atoms with Crippen LogP contribution in [0.2, 0.25) is 0 Å². The molecule has 0 unspecified atom stereocenters. The van der Waals surface area contributed by atoms with Crippen LogP contribution in [0.1, 0.15) is 32.9 Å². The summed E-state index contributed by atoms with van der Waals surface area (Å²) in [6, 6.07) is 13.0. The van der Waals surface area contributed by atoms with Crippen LogP contribution < -0.4 is 4.74 Å². The number of rotatable bonds is 6. The van der Waals surface area contributed by atoms with Crippen molar-refractivity contribution in [2.24, 2.45) is 0 Å². The maximum atomic E-state index is 14.5. The van der Waals surface area contributed by atoms with E-state index < -0.39 is 23.9 Å². The van der Waals surface area contributed by atoms with Gasteiger partial charge in [-0.3, -0.25) is 4.68 Å². The van der Waals surface area contributed by atoms with Crippen LogP contribution >= 0.6 is 0 Å². The van der Waals surface area contributed by atoms with Crippen LogP contribution in [0.3, 0.4) is 0 Å². The molecule has 3 rings (SSSR count). The summed E-state index contributed by atoms with van der Waals surface area (Å²) in [6.07, 6.45) is -3.62. The fraction of sp³-hybridized carbons (Fsp3) is 0.182. The van der Waals surface area contributed by atoms with E-state index in [2.05, 4.69) is 9.84 Å². The van der Waals surface area contributed by atoms with E-state index in [1.165, 1.54) is 25.3 Å². The summed E-state index contributed by atoms with van der Waals surface area (Å²) in [5.74, 6) is -1.54. The highest BCUT2D eigenvalue weighted by Gasteiger charge is 2.31. The molecule has 0 aliphatic heterocycles. The molecule has 0 saturated carbocycles. The number of aromatic nitrogens is 2. The number of alkyl halides is 3. The Morgan fingerprint density at radius 1 is 1.10 bits per heavy atom. The lowest BCUT2D eigenvalue weighted by Crippen LogP contribution is -2.16. The van der Waals surface area contributed by atoms with Crippen LogP contribution in [0.5, 0.6) is 5.75 Å². The molecular formula is C22H18F4N2O3. The van der Waals surface area contributed by atoms with Crippen LogP contribution in [0.25, 0.3) is 11.9 Å². The number of hydrogen-bond acceptors (Lipinski definition) is 4. The first-order chi connectivity index (χ1) is 14.6. The zero-order valence-electron chi connectivity index (χ0n) is 16.6. The minimum Gasteiger partial charge on any atom is -0.465 e. The molecule has 0 radical (unpaired) electrons. The SMILES string of the molecule is COC(=O)c1cccc(Cn2nc(/C=C(\F)c3ccc(OC(F)(F)F)cc3)cc2C)c1. The van der Waals surface area contributed by atoms with Gasteiger partial charge in [-0.2, -0.15) is 5.10 Å². The monoisotopic (exact) mass is 434 g/mol. The smallest absolute Gasteiger partial charge is 0.465 e. The van der Waals surface area contributed by atoms with Gasteiger partial charge in [-0.1, -0.05) is 12.1 Å². The molecule has 162 valence electrons. The van der Waals surface area contributed by atoms with Gasteiger partial charge in [-0.15, -0.1) is 13.2 Å². The zero-order valence-corrected chi connectivity index (χ0v) is 16.6. The quantitative estimate of drug-likeness (QED) is 0.386. The van der Waals surface area contributed by atoms with Gasteiger partial charge < -0.3 is 9.47 Å². The van der Waals surface area contributed by atoms with Crippen molar-refractivity contribution in [3.05, 3.63) is 82.7 Å². The fourth-order valence-electron chi connectivity index (χ4n) is 2.88. The Morgan fingerprint density at radius 3 is 2.45 bits per heavy atom. The molecule has 31 heavy (non-hydrogen) atoms. The van der Waals surface area contributed by atoms with Gasteiger partial charge in [0.05, 0.1) is 24.9 Å². The number of halogens is 4. The number of nitrogens with zero attached hydrogens (tertiary/aromatic N) is 2. The van der Waals surface area contributed by atoms with Crippen molar-refractivity contribution in [3.8, 4) is 5.75 Å². The molecular weight excluding hydrogens is 416 g/mol. The summed E-state index contributed by atoms with van der Waals surface area (Å²) in [4.78, 5) is 11.7. The highest BCUT2D eigenvalue weighted by molar-refractivity contribution is 5.89. The van der Waals surface area contributed by atoms with Gasteiger partial charge in [0, 0.05) is 17.3 Å². The molecule has 0 saturated heterocycles. The summed E-state index contributed by atoms with van der Waals surface area (Å²) in [6.45, 7) is 2.16. The molecule has 0 aliphatic rings. The number of ether oxygens (including phenoxy) is 2. The van der Waals surface area contributed by atoms with E-state index in [9.17, 15) is 22.4 Å². The molecule has 0 aliphatic carbocycles. The maximum absolute atomic E-state index is 14.5. The van der Waals surface area contributed by atoms with Crippen LogP contribution in [-0.4, -0.2) is 29.2 Å². The standard InChI is InChI=1S/C22H18F4N2O3/c1-14-10-18(12-20(23)16-6-8-19(9-7-16)31-22(24,25)26)27-28(14)13-15-4-3-5-17(11-15)21(29)30-2/h3-12H,13H2,1-2H3/b20-12-. The second-order valence-corrected chi connectivity index (χ2v) is 6.62. The first kappa shape index (κ1) is 22.1. The van der Waals surface area contributed by atoms with Crippen molar-refractivity contribution in [3.63, 3.8) is 0 Å². The molecule has 3 aromatic rings. The van der Waals surface area contributed by atoms with Crippen LogP contribution in [0.15, 0.2) is 54.6 Å². The van der Waals surface area contributed by atoms with E-state index >= 15 is 0 Å². The summed E-state index contributed by atoms with van der Waals surface area (Å²) < 4.78 is 61.3. The van der Waals surface area contributed by atoms with Gasteiger partial charge in [0.1, 0.15) is 11.6 Å². The Bertz CT molecular complexity index is 1100. The molecule has 0 atom stereocenters. The Hall–Kier alpha value is -3.62. The second-order valence-electron chi connectivity index (χ2n) is 6.62. The molecule has 0 amide bonds. The van der Waals surface area contributed by atoms with E-state index in [-0.39, 0.29) is 5.56 Å². The van der Waals surface area contributed by atoms with Gasteiger partial charge >= 0.3 is 12.3 Å². The van der Waals surface area contributed by atoms with Gasteiger partial charge in [0.15, 0.2) is 0 Å². The van der Waals surface area contributed by atoms with E-state index in [4.69, 9.17) is 4.74 Å². The lowest BCUT2D eigenvalue weighted by atomic mass is 10.1. The minimum atomic E-state index is -4.81. The minimum absolute atomic E-state index is 0.0903. The number of hydrogen-bond donors (Lipinski definition) is 0. The van der Waals surface area contributed by atoms with Crippen molar-refractivity contribution in [2.75, 3.05) is 7.11 Å². The van der Waals surface area contributed by atoms with E-state index in [1.807, 2.05) is 6.07 Å². The molecule has 5 nitrogen and oxygen atoms in total. The number of methoxy groups -OCH3 is 1. The summed E-state index contributed by atoms with van der Waals surface area (Å²) >= 11 is 0. The fourth-order valence-corrected chi connectivity index (χ4v) is 2.88. The van der Waals surface area contributed by atoms with E-state index in [0.717, 1.165) is 23.4 Å². The van der Waals surface area contributed by atoms with Crippen molar-refractivity contribution in [1.29, 1.82) is 0 Å². The van der Waals surface area contributed by atoms with E-state index in [1.54, 1.807) is 35.9 Å². The normalized spacial score (nSPS) is 12.0. The predicted molar refractivity (Wildman–Crippen MR) is 106 cm³/mol. The number of carbonyl (C=O) groups excluding carboxylic acids is 1. The number of carbonyl (C=O) groups is 1. The highest BCUT2D eigenvalue weighted by Crippen LogP contribution is 2.26. The van der Waals surface area contributed by atoms with Gasteiger partial charge in [-0.25, -0.2) is 9.18 Å². The van der Waals surface area contributed by atoms with Crippen LogP contribution in [0, 0.1) is 6.92 Å². The first-order valence-corrected chi connectivity index (χ1v) is 9.10. The molecule has 0 fully saturated rings. The number of aryl methyl sites for hydroxylation is 1. The third kappa shape index (κ3) is 5.94. The van der Waals surface area contributed by atoms with E-state index in [0.29, 0.717) is 17.8 Å². The maximum Gasteiger partial charge on any atom is 0.573 e.